The summed E-state index contributed by atoms with van der Waals surface area (Å²) in [6, 6.07) is 14.2. The molecule has 0 heterocycles. The van der Waals surface area contributed by atoms with Gasteiger partial charge in [-0.3, -0.25) is 4.79 Å². The third-order valence-electron chi connectivity index (χ3n) is 11.7. The summed E-state index contributed by atoms with van der Waals surface area (Å²) in [5, 5.41) is 0. The molecule has 0 fully saturated rings. The van der Waals surface area contributed by atoms with E-state index in [1.165, 1.54) is 77.0 Å². The highest BCUT2D eigenvalue weighted by Gasteiger charge is 2.17. The fraction of sp³-hybridized carbons (Fsp3) is 0.610. The zero-order valence-corrected chi connectivity index (χ0v) is 42.5. The molecule has 0 bridgehead atoms. The molecule has 66 heavy (non-hydrogen) atoms. The van der Waals surface area contributed by atoms with Crippen LogP contribution in [-0.4, -0.2) is 45.9 Å². The van der Waals surface area contributed by atoms with Crippen LogP contribution in [0.4, 0.5) is 0 Å². The van der Waals surface area contributed by atoms with E-state index < -0.39 is 0 Å². The molecular formula is C59H90O7. The van der Waals surface area contributed by atoms with E-state index in [0.717, 1.165) is 129 Å². The molecule has 3 rings (SSSR count). The van der Waals surface area contributed by atoms with E-state index in [1.807, 2.05) is 12.1 Å². The molecule has 0 saturated carbocycles. The van der Waals surface area contributed by atoms with Gasteiger partial charge in [0, 0.05) is 5.56 Å². The Morgan fingerprint density at radius 2 is 0.515 bits per heavy atom. The van der Waals surface area contributed by atoms with Gasteiger partial charge in [0.1, 0.15) is 6.29 Å². The summed E-state index contributed by atoms with van der Waals surface area (Å²) in [6.45, 7) is 17.1. The smallest absolute Gasteiger partial charge is 0.203 e. The number of unbranched alkanes of at least 4 members (excludes halogenated alkanes) is 18. The van der Waals surface area contributed by atoms with Crippen LogP contribution < -0.4 is 28.4 Å². The van der Waals surface area contributed by atoms with Gasteiger partial charge in [-0.15, -0.1) is 0 Å². The highest BCUT2D eigenvalue weighted by molar-refractivity contribution is 5.83. The summed E-state index contributed by atoms with van der Waals surface area (Å²) < 4.78 is 38.9. The Balaban J connectivity index is 1.99. The van der Waals surface area contributed by atoms with Gasteiger partial charge in [-0.25, -0.2) is 0 Å². The molecule has 0 radical (unpaired) electrons. The lowest BCUT2D eigenvalue weighted by Crippen LogP contribution is -2.06. The second kappa shape index (κ2) is 36.7. The minimum atomic E-state index is 0.606. The highest BCUT2D eigenvalue weighted by Crippen LogP contribution is 2.42. The average molecular weight is 911 g/mol. The molecule has 0 saturated heterocycles. The fourth-order valence-electron chi connectivity index (χ4n) is 7.70. The lowest BCUT2D eigenvalue weighted by atomic mass is 10.0. The van der Waals surface area contributed by atoms with Crippen molar-refractivity contribution in [1.29, 1.82) is 0 Å². The molecular weight excluding hydrogens is 821 g/mol. The minimum absolute atomic E-state index is 0.606. The van der Waals surface area contributed by atoms with Crippen molar-refractivity contribution in [2.24, 2.45) is 0 Å². The van der Waals surface area contributed by atoms with E-state index in [0.29, 0.717) is 56.7 Å². The van der Waals surface area contributed by atoms with E-state index in [4.69, 9.17) is 28.4 Å². The maximum Gasteiger partial charge on any atom is 0.203 e. The van der Waals surface area contributed by atoms with Crippen LogP contribution in [0.5, 0.6) is 34.5 Å². The fourth-order valence-corrected chi connectivity index (χ4v) is 7.70. The zero-order valence-electron chi connectivity index (χ0n) is 42.5. The second-order valence-electron chi connectivity index (χ2n) is 17.9. The lowest BCUT2D eigenvalue weighted by molar-refractivity contribution is 0.112. The van der Waals surface area contributed by atoms with Gasteiger partial charge in [-0.1, -0.05) is 181 Å². The van der Waals surface area contributed by atoms with Crippen LogP contribution in [-0.2, 0) is 0 Å². The number of aldehydes is 1. The third-order valence-corrected chi connectivity index (χ3v) is 11.7. The van der Waals surface area contributed by atoms with Gasteiger partial charge in [0.05, 0.1) is 39.6 Å². The van der Waals surface area contributed by atoms with Crippen molar-refractivity contribution in [3.05, 3.63) is 70.3 Å². The average Bonchev–Trinajstić information content (AvgIpc) is 3.33. The van der Waals surface area contributed by atoms with Gasteiger partial charge in [0.25, 0.3) is 0 Å². The second-order valence-corrected chi connectivity index (χ2v) is 17.9. The van der Waals surface area contributed by atoms with Gasteiger partial charge in [-0.2, -0.15) is 0 Å². The van der Waals surface area contributed by atoms with Gasteiger partial charge in [0.2, 0.25) is 11.5 Å². The summed E-state index contributed by atoms with van der Waals surface area (Å²) >= 11 is 0. The largest absolute Gasteiger partial charge is 0.490 e. The lowest BCUT2D eigenvalue weighted by Gasteiger charge is -2.18. The maximum atomic E-state index is 12.3. The predicted octanol–water partition coefficient (Wildman–Crippen LogP) is 17.6. The van der Waals surface area contributed by atoms with Crippen molar-refractivity contribution in [3.8, 4) is 34.5 Å². The standard InChI is InChI=1S/C59H90O7/c1-7-13-19-25-35-61-54-44-51(45-55(62-36-26-20-14-8-2)58(54)65-39-29-23-17-11-5)33-31-49-41-50(43-53(42-49)48-60)32-34-52-46-56(63-37-27-21-15-9-3)59(66-40-30-24-18-12-6)57(47-52)64-38-28-22-16-10-4/h31-34,41-48H,7-30,35-40H2,1-6H3/b33-31+,34-32+. The topological polar surface area (TPSA) is 72.5 Å². The van der Waals surface area contributed by atoms with E-state index in [2.05, 4.69) is 96.2 Å². The van der Waals surface area contributed by atoms with Crippen LogP contribution in [0.25, 0.3) is 24.3 Å². The van der Waals surface area contributed by atoms with Gasteiger partial charge in [0.15, 0.2) is 23.0 Å². The van der Waals surface area contributed by atoms with Crippen molar-refractivity contribution < 1.29 is 33.2 Å². The Hall–Kier alpha value is -4.39. The number of hydrogen-bond donors (Lipinski definition) is 0. The van der Waals surface area contributed by atoms with E-state index in [9.17, 15) is 4.79 Å². The number of carbonyl (C=O) groups excluding carboxylic acids is 1. The normalized spacial score (nSPS) is 11.4. The Morgan fingerprint density at radius 1 is 0.288 bits per heavy atom. The molecule has 3 aromatic rings. The number of rotatable bonds is 41. The molecule has 0 aliphatic rings. The number of carbonyl (C=O) groups is 1. The molecule has 7 heteroatoms. The van der Waals surface area contributed by atoms with E-state index >= 15 is 0 Å². The molecule has 0 atom stereocenters. The van der Waals surface area contributed by atoms with Gasteiger partial charge in [-0.05, 0) is 103 Å². The van der Waals surface area contributed by atoms with Gasteiger partial charge >= 0.3 is 0 Å². The van der Waals surface area contributed by atoms with Crippen molar-refractivity contribution in [2.45, 2.75) is 196 Å². The molecule has 0 spiro atoms. The molecule has 0 amide bonds. The Bertz CT molecular complexity index is 1590. The van der Waals surface area contributed by atoms with Crippen LogP contribution in [0.1, 0.15) is 228 Å². The van der Waals surface area contributed by atoms with Crippen LogP contribution >= 0.6 is 0 Å². The van der Waals surface area contributed by atoms with Crippen molar-refractivity contribution in [1.82, 2.24) is 0 Å². The molecule has 0 unspecified atom stereocenters. The van der Waals surface area contributed by atoms with Crippen LogP contribution in [0, 0.1) is 0 Å². The Morgan fingerprint density at radius 3 is 0.758 bits per heavy atom. The summed E-state index contributed by atoms with van der Waals surface area (Å²) in [7, 11) is 0. The van der Waals surface area contributed by atoms with Crippen molar-refractivity contribution >= 4 is 30.6 Å². The maximum absolute atomic E-state index is 12.3. The first-order valence-corrected chi connectivity index (χ1v) is 26.6. The molecule has 368 valence electrons. The SMILES string of the molecule is CCCCCCOc1cc(/C=C/c2cc(C=O)cc(/C=C/c3cc(OCCCCCC)c(OCCCCCC)c(OCCCCCC)c3)c2)cc(OCCCCCC)c1OCCCCCC. The molecule has 0 aliphatic heterocycles. The van der Waals surface area contributed by atoms with E-state index in [-0.39, 0.29) is 0 Å². The van der Waals surface area contributed by atoms with Crippen LogP contribution in [0.3, 0.4) is 0 Å². The zero-order chi connectivity index (χ0) is 47.3. The van der Waals surface area contributed by atoms with Crippen LogP contribution in [0.2, 0.25) is 0 Å². The number of benzene rings is 3. The molecule has 7 nitrogen and oxygen atoms in total. The van der Waals surface area contributed by atoms with E-state index in [1.54, 1.807) is 0 Å². The first-order valence-electron chi connectivity index (χ1n) is 26.6. The first kappa shape index (κ1) is 55.9. The Labute approximate surface area is 402 Å². The summed E-state index contributed by atoms with van der Waals surface area (Å²) in [5.41, 5.74) is 4.34. The van der Waals surface area contributed by atoms with Gasteiger partial charge < -0.3 is 28.4 Å². The highest BCUT2D eigenvalue weighted by atomic mass is 16.5. The van der Waals surface area contributed by atoms with Crippen molar-refractivity contribution in [3.63, 3.8) is 0 Å². The summed E-state index contributed by atoms with van der Waals surface area (Å²) in [6.07, 6.45) is 36.2. The molecule has 0 aliphatic carbocycles. The van der Waals surface area contributed by atoms with Crippen molar-refractivity contribution in [2.75, 3.05) is 39.6 Å². The Kier molecular flexibility index (Phi) is 31.1. The first-order chi connectivity index (χ1) is 32.5. The number of ether oxygens (including phenoxy) is 6. The summed E-state index contributed by atoms with van der Waals surface area (Å²) in [5.74, 6) is 4.29. The third kappa shape index (κ3) is 23.4. The number of hydrogen-bond acceptors (Lipinski definition) is 7. The van der Waals surface area contributed by atoms with Crippen LogP contribution in [0.15, 0.2) is 42.5 Å². The molecule has 3 aromatic carbocycles. The molecule has 0 aromatic heterocycles. The molecule has 0 N–H and O–H groups in total. The quantitative estimate of drug-likeness (QED) is 0.0319. The summed E-state index contributed by atoms with van der Waals surface area (Å²) in [4.78, 5) is 12.3. The predicted molar refractivity (Wildman–Crippen MR) is 280 cm³/mol. The monoisotopic (exact) mass is 911 g/mol. The minimum Gasteiger partial charge on any atom is -0.490 e.